The molecule has 3 aromatic carbocycles. The molecule has 9 heteroatoms. The standard InChI is InChI=1S/C29H26N4O3S2/c1-4-7-22(17-27-30-32-33-31-27)21-11-13-23(14-12-21)36-18-20-10-15-26-25(16-20)28(29(37-26)38(3,34)35)24-9-6-5-8-19(24)2/h5-6,8-16,22H,17-18H2,1-3H3,(H,30,31,32,33). The Bertz CT molecular complexity index is 1750. The van der Waals surface area contributed by atoms with E-state index in [0.29, 0.717) is 23.1 Å². The molecule has 1 atom stereocenters. The number of nitrogens with one attached hydrogen (secondary N) is 1. The number of thiophene rings is 1. The maximum Gasteiger partial charge on any atom is 0.185 e. The Morgan fingerprint density at radius 2 is 1.87 bits per heavy atom. The lowest BCUT2D eigenvalue weighted by Crippen LogP contribution is -2.03. The van der Waals surface area contributed by atoms with Gasteiger partial charge in [0.05, 0.1) is 5.92 Å². The zero-order valence-corrected chi connectivity index (χ0v) is 22.9. The summed E-state index contributed by atoms with van der Waals surface area (Å²) in [5.74, 6) is 7.50. The molecule has 7 nitrogen and oxygen atoms in total. The monoisotopic (exact) mass is 542 g/mol. The zero-order valence-electron chi connectivity index (χ0n) is 21.2. The Labute approximate surface area is 225 Å². The van der Waals surface area contributed by atoms with Gasteiger partial charge in [0.25, 0.3) is 0 Å². The molecule has 1 N–H and O–H groups in total. The average Bonchev–Trinajstić information content (AvgIpc) is 3.55. The molecule has 2 aromatic heterocycles. The molecule has 5 aromatic rings. The molecule has 0 saturated carbocycles. The molecule has 0 radical (unpaired) electrons. The van der Waals surface area contributed by atoms with Crippen LogP contribution in [0.4, 0.5) is 0 Å². The lowest BCUT2D eigenvalue weighted by molar-refractivity contribution is 0.306. The van der Waals surface area contributed by atoms with Crippen molar-refractivity contribution in [2.75, 3.05) is 6.26 Å². The van der Waals surface area contributed by atoms with Crippen molar-refractivity contribution in [1.29, 1.82) is 0 Å². The summed E-state index contributed by atoms with van der Waals surface area (Å²) in [4.78, 5) is 0. The van der Waals surface area contributed by atoms with Gasteiger partial charge in [0.15, 0.2) is 15.7 Å². The lowest BCUT2D eigenvalue weighted by atomic mass is 9.96. The predicted molar refractivity (Wildman–Crippen MR) is 150 cm³/mol. The third-order valence-electron chi connectivity index (χ3n) is 6.25. The summed E-state index contributed by atoms with van der Waals surface area (Å²) < 4.78 is 32.8. The van der Waals surface area contributed by atoms with E-state index in [2.05, 4.69) is 32.5 Å². The number of fused-ring (bicyclic) bond motifs is 1. The summed E-state index contributed by atoms with van der Waals surface area (Å²) in [5, 5.41) is 15.1. The van der Waals surface area contributed by atoms with Crippen LogP contribution in [0.5, 0.6) is 5.75 Å². The van der Waals surface area contributed by atoms with Crippen LogP contribution in [0.3, 0.4) is 0 Å². The summed E-state index contributed by atoms with van der Waals surface area (Å²) >= 11 is 1.31. The molecule has 5 rings (SSSR count). The fraction of sp³-hybridized carbons (Fsp3) is 0.207. The average molecular weight is 543 g/mol. The van der Waals surface area contributed by atoms with Crippen LogP contribution in [0.15, 0.2) is 70.9 Å². The van der Waals surface area contributed by atoms with Gasteiger partial charge in [0.1, 0.15) is 16.6 Å². The van der Waals surface area contributed by atoms with Crippen LogP contribution in [-0.4, -0.2) is 35.3 Å². The number of aromatic nitrogens is 4. The van der Waals surface area contributed by atoms with E-state index in [1.165, 1.54) is 17.6 Å². The minimum Gasteiger partial charge on any atom is -0.489 e. The van der Waals surface area contributed by atoms with Gasteiger partial charge < -0.3 is 4.74 Å². The van der Waals surface area contributed by atoms with Crippen molar-refractivity contribution in [1.82, 2.24) is 20.6 Å². The van der Waals surface area contributed by atoms with Crippen LogP contribution in [0.25, 0.3) is 21.2 Å². The highest BCUT2D eigenvalue weighted by Gasteiger charge is 2.22. The summed E-state index contributed by atoms with van der Waals surface area (Å²) in [6.07, 6.45) is 1.84. The molecule has 0 saturated heterocycles. The first kappa shape index (κ1) is 25.6. The number of aromatic amines is 1. The van der Waals surface area contributed by atoms with Crippen molar-refractivity contribution in [2.24, 2.45) is 0 Å². The summed E-state index contributed by atoms with van der Waals surface area (Å²) in [5.41, 5.74) is 4.73. The summed E-state index contributed by atoms with van der Waals surface area (Å²) in [6, 6.07) is 21.7. The Morgan fingerprint density at radius 3 is 2.55 bits per heavy atom. The number of tetrazole rings is 1. The molecule has 0 aliphatic rings. The van der Waals surface area contributed by atoms with E-state index >= 15 is 0 Å². The first-order chi connectivity index (χ1) is 18.3. The van der Waals surface area contributed by atoms with Crippen LogP contribution in [0.1, 0.15) is 35.4 Å². The minimum absolute atomic E-state index is 0.0449. The van der Waals surface area contributed by atoms with E-state index in [0.717, 1.165) is 43.7 Å². The highest BCUT2D eigenvalue weighted by atomic mass is 32.2. The fourth-order valence-electron chi connectivity index (χ4n) is 4.42. The third-order valence-corrected chi connectivity index (χ3v) is 9.26. The van der Waals surface area contributed by atoms with Crippen LogP contribution >= 0.6 is 11.3 Å². The maximum atomic E-state index is 12.7. The van der Waals surface area contributed by atoms with Gasteiger partial charge in [-0.25, -0.2) is 8.42 Å². The van der Waals surface area contributed by atoms with E-state index in [4.69, 9.17) is 4.74 Å². The molecule has 1 unspecified atom stereocenters. The Hall–Kier alpha value is -4.00. The van der Waals surface area contributed by atoms with Crippen LogP contribution in [-0.2, 0) is 22.9 Å². The molecule has 2 heterocycles. The van der Waals surface area contributed by atoms with Crippen LogP contribution in [0, 0.1) is 18.8 Å². The van der Waals surface area contributed by atoms with Crippen molar-refractivity contribution in [3.63, 3.8) is 0 Å². The number of hydrogen-bond donors (Lipinski definition) is 1. The molecule has 0 aliphatic carbocycles. The molecule has 0 aliphatic heterocycles. The molecule has 0 fully saturated rings. The SMILES string of the molecule is CC#CC(Cc1nn[nH]n1)c1ccc(OCc2ccc3sc(S(C)(=O)=O)c(-c4ccccc4C)c3c2)cc1. The van der Waals surface area contributed by atoms with Crippen LogP contribution in [0.2, 0.25) is 0 Å². The van der Waals surface area contributed by atoms with Gasteiger partial charge in [0.2, 0.25) is 0 Å². The van der Waals surface area contributed by atoms with Gasteiger partial charge in [-0.15, -0.1) is 27.5 Å². The molecule has 0 spiro atoms. The van der Waals surface area contributed by atoms with Crippen LogP contribution < -0.4 is 4.74 Å². The Morgan fingerprint density at radius 1 is 1.08 bits per heavy atom. The molecular formula is C29H26N4O3S2. The number of nitrogens with zero attached hydrogens (tertiary/aromatic N) is 3. The van der Waals surface area contributed by atoms with Crippen molar-refractivity contribution in [3.8, 4) is 28.7 Å². The van der Waals surface area contributed by atoms with Crippen molar-refractivity contribution >= 4 is 31.3 Å². The Balaban J connectivity index is 1.39. The molecule has 38 heavy (non-hydrogen) atoms. The highest BCUT2D eigenvalue weighted by molar-refractivity contribution is 7.93. The summed E-state index contributed by atoms with van der Waals surface area (Å²) in [7, 11) is -3.40. The quantitative estimate of drug-likeness (QED) is 0.252. The van der Waals surface area contributed by atoms with Gasteiger partial charge in [-0.05, 0) is 60.4 Å². The molecule has 0 amide bonds. The normalized spacial score (nSPS) is 12.2. The van der Waals surface area contributed by atoms with Gasteiger partial charge in [-0.2, -0.15) is 5.21 Å². The Kier molecular flexibility index (Phi) is 7.27. The number of rotatable bonds is 8. The largest absolute Gasteiger partial charge is 0.489 e. The van der Waals surface area contributed by atoms with E-state index < -0.39 is 9.84 Å². The first-order valence-corrected chi connectivity index (χ1v) is 14.7. The predicted octanol–water partition coefficient (Wildman–Crippen LogP) is 5.72. The van der Waals surface area contributed by atoms with Crippen molar-refractivity contribution in [3.05, 3.63) is 89.2 Å². The van der Waals surface area contributed by atoms with E-state index in [9.17, 15) is 8.42 Å². The fourth-order valence-corrected chi connectivity index (χ4v) is 6.82. The second-order valence-electron chi connectivity index (χ2n) is 9.02. The number of sulfone groups is 1. The first-order valence-electron chi connectivity index (χ1n) is 12.0. The topological polar surface area (TPSA) is 97.8 Å². The molecular weight excluding hydrogens is 516 g/mol. The molecule has 0 bridgehead atoms. The second-order valence-corrected chi connectivity index (χ2v) is 12.3. The number of hydrogen-bond acceptors (Lipinski definition) is 7. The number of ether oxygens (including phenoxy) is 1. The number of aryl methyl sites for hydroxylation is 1. The maximum absolute atomic E-state index is 12.7. The second kappa shape index (κ2) is 10.8. The van der Waals surface area contributed by atoms with Gasteiger partial charge in [0, 0.05) is 28.3 Å². The van der Waals surface area contributed by atoms with Crippen molar-refractivity contribution in [2.45, 2.75) is 37.0 Å². The van der Waals surface area contributed by atoms with Crippen molar-refractivity contribution < 1.29 is 13.2 Å². The van der Waals surface area contributed by atoms with E-state index in [1.807, 2.05) is 80.6 Å². The third kappa shape index (κ3) is 5.47. The zero-order chi connectivity index (χ0) is 26.7. The van der Waals surface area contributed by atoms with E-state index in [-0.39, 0.29) is 5.92 Å². The van der Waals surface area contributed by atoms with E-state index in [1.54, 1.807) is 0 Å². The lowest BCUT2D eigenvalue weighted by Gasteiger charge is -2.11. The smallest absolute Gasteiger partial charge is 0.185 e. The summed E-state index contributed by atoms with van der Waals surface area (Å²) in [6.45, 7) is 4.17. The number of H-pyrrole nitrogens is 1. The minimum atomic E-state index is -3.40. The van der Waals surface area contributed by atoms with Gasteiger partial charge in [-0.1, -0.05) is 53.6 Å². The van der Waals surface area contributed by atoms with Gasteiger partial charge >= 0.3 is 0 Å². The highest BCUT2D eigenvalue weighted by Crippen LogP contribution is 2.43. The van der Waals surface area contributed by atoms with Gasteiger partial charge in [-0.3, -0.25) is 0 Å². The molecule has 192 valence electrons. The number of benzene rings is 3.